The van der Waals surface area contributed by atoms with Gasteiger partial charge in [-0.25, -0.2) is 0 Å². The van der Waals surface area contributed by atoms with Crippen molar-refractivity contribution in [1.29, 1.82) is 0 Å². The van der Waals surface area contributed by atoms with Crippen molar-refractivity contribution in [3.63, 3.8) is 0 Å². The highest BCUT2D eigenvalue weighted by Gasteiger charge is 2.21. The molecule has 0 radical (unpaired) electrons. The molecule has 86 valence electrons. The van der Waals surface area contributed by atoms with Gasteiger partial charge in [0.2, 0.25) is 0 Å². The van der Waals surface area contributed by atoms with E-state index >= 15 is 0 Å². The first-order chi connectivity index (χ1) is 7.74. The van der Waals surface area contributed by atoms with E-state index in [4.69, 9.17) is 4.74 Å². The van der Waals surface area contributed by atoms with Crippen LogP contribution in [0.2, 0.25) is 0 Å². The molecule has 0 saturated heterocycles. The zero-order valence-electron chi connectivity index (χ0n) is 10.1. The SMILES string of the molecule is CC(C)C=Cc1ccc(OCC2CC2)cc1. The van der Waals surface area contributed by atoms with E-state index in [1.807, 2.05) is 0 Å². The predicted molar refractivity (Wildman–Crippen MR) is 68.5 cm³/mol. The van der Waals surface area contributed by atoms with Gasteiger partial charge in [0.1, 0.15) is 5.75 Å². The molecule has 0 aliphatic heterocycles. The van der Waals surface area contributed by atoms with Crippen LogP contribution >= 0.6 is 0 Å². The second-order valence-electron chi connectivity index (χ2n) is 4.93. The van der Waals surface area contributed by atoms with Crippen molar-refractivity contribution >= 4 is 6.08 Å². The first-order valence-electron chi connectivity index (χ1n) is 6.15. The molecule has 1 aromatic carbocycles. The molecule has 0 spiro atoms. The van der Waals surface area contributed by atoms with Crippen LogP contribution < -0.4 is 4.74 Å². The first kappa shape index (κ1) is 11.3. The van der Waals surface area contributed by atoms with Gasteiger partial charge in [-0.1, -0.05) is 38.1 Å². The van der Waals surface area contributed by atoms with Gasteiger partial charge < -0.3 is 4.74 Å². The Hall–Kier alpha value is -1.24. The second-order valence-corrected chi connectivity index (χ2v) is 4.93. The number of ether oxygens (including phenoxy) is 1. The van der Waals surface area contributed by atoms with E-state index in [1.54, 1.807) is 0 Å². The Kier molecular flexibility index (Phi) is 3.66. The molecule has 1 fully saturated rings. The van der Waals surface area contributed by atoms with E-state index in [9.17, 15) is 0 Å². The Balaban J connectivity index is 1.87. The Morgan fingerprint density at radius 1 is 1.25 bits per heavy atom. The van der Waals surface area contributed by atoms with Gasteiger partial charge >= 0.3 is 0 Å². The van der Waals surface area contributed by atoms with Crippen molar-refractivity contribution in [2.24, 2.45) is 11.8 Å². The van der Waals surface area contributed by atoms with Crippen molar-refractivity contribution in [1.82, 2.24) is 0 Å². The van der Waals surface area contributed by atoms with E-state index in [0.717, 1.165) is 18.3 Å². The number of rotatable bonds is 5. The van der Waals surface area contributed by atoms with Crippen LogP contribution in [0.3, 0.4) is 0 Å². The highest BCUT2D eigenvalue weighted by molar-refractivity contribution is 5.50. The molecule has 2 rings (SSSR count). The highest BCUT2D eigenvalue weighted by atomic mass is 16.5. The molecule has 0 N–H and O–H groups in total. The van der Waals surface area contributed by atoms with Gasteiger partial charge in [-0.05, 0) is 42.4 Å². The average Bonchev–Trinajstić information content (AvgIpc) is 3.09. The van der Waals surface area contributed by atoms with Crippen LogP contribution in [0.4, 0.5) is 0 Å². The van der Waals surface area contributed by atoms with Gasteiger partial charge in [0.05, 0.1) is 6.61 Å². The summed E-state index contributed by atoms with van der Waals surface area (Å²) in [5.74, 6) is 2.42. The Morgan fingerprint density at radius 3 is 2.50 bits per heavy atom. The lowest BCUT2D eigenvalue weighted by Crippen LogP contribution is -1.98. The molecule has 0 atom stereocenters. The van der Waals surface area contributed by atoms with Gasteiger partial charge in [0.25, 0.3) is 0 Å². The summed E-state index contributed by atoms with van der Waals surface area (Å²) >= 11 is 0. The van der Waals surface area contributed by atoms with E-state index in [2.05, 4.69) is 50.3 Å². The first-order valence-corrected chi connectivity index (χ1v) is 6.15. The molecule has 1 aromatic rings. The Morgan fingerprint density at radius 2 is 1.94 bits per heavy atom. The lowest BCUT2D eigenvalue weighted by atomic mass is 10.1. The predicted octanol–water partition coefficient (Wildman–Crippen LogP) is 4.14. The lowest BCUT2D eigenvalue weighted by Gasteiger charge is -2.05. The number of benzene rings is 1. The van der Waals surface area contributed by atoms with Crippen LogP contribution in [0.25, 0.3) is 6.08 Å². The molecular weight excluding hydrogens is 196 g/mol. The highest BCUT2D eigenvalue weighted by Crippen LogP contribution is 2.29. The molecule has 1 aliphatic rings. The summed E-state index contributed by atoms with van der Waals surface area (Å²) in [6.45, 7) is 5.26. The van der Waals surface area contributed by atoms with E-state index in [-0.39, 0.29) is 0 Å². The summed E-state index contributed by atoms with van der Waals surface area (Å²) in [6, 6.07) is 8.34. The lowest BCUT2D eigenvalue weighted by molar-refractivity contribution is 0.300. The minimum Gasteiger partial charge on any atom is -0.493 e. The van der Waals surface area contributed by atoms with Gasteiger partial charge in [-0.15, -0.1) is 0 Å². The maximum Gasteiger partial charge on any atom is 0.119 e. The summed E-state index contributed by atoms with van der Waals surface area (Å²) in [7, 11) is 0. The van der Waals surface area contributed by atoms with Crippen LogP contribution in [0, 0.1) is 11.8 Å². The monoisotopic (exact) mass is 216 g/mol. The zero-order valence-corrected chi connectivity index (χ0v) is 10.1. The summed E-state index contributed by atoms with van der Waals surface area (Å²) in [5.41, 5.74) is 1.24. The van der Waals surface area contributed by atoms with Gasteiger partial charge in [-0.3, -0.25) is 0 Å². The molecule has 0 heterocycles. The van der Waals surface area contributed by atoms with Crippen LogP contribution in [0.15, 0.2) is 30.3 Å². The molecule has 1 heteroatoms. The third-order valence-corrected chi connectivity index (χ3v) is 2.74. The fraction of sp³-hybridized carbons (Fsp3) is 0.467. The third kappa shape index (κ3) is 3.73. The maximum absolute atomic E-state index is 5.69. The summed E-state index contributed by atoms with van der Waals surface area (Å²) < 4.78 is 5.69. The molecule has 0 bridgehead atoms. The summed E-state index contributed by atoms with van der Waals surface area (Å²) in [5, 5.41) is 0. The van der Waals surface area contributed by atoms with Crippen molar-refractivity contribution in [2.45, 2.75) is 26.7 Å². The molecule has 16 heavy (non-hydrogen) atoms. The van der Waals surface area contributed by atoms with Crippen molar-refractivity contribution in [3.05, 3.63) is 35.9 Å². The molecule has 0 aromatic heterocycles. The number of hydrogen-bond acceptors (Lipinski definition) is 1. The maximum atomic E-state index is 5.69. The standard InChI is InChI=1S/C15H20O/c1-12(2)3-4-13-7-9-15(10-8-13)16-11-14-5-6-14/h3-4,7-10,12,14H,5-6,11H2,1-2H3. The molecule has 1 aliphatic carbocycles. The Bertz CT molecular complexity index is 344. The van der Waals surface area contributed by atoms with Gasteiger partial charge in [0, 0.05) is 0 Å². The molecule has 0 unspecified atom stereocenters. The topological polar surface area (TPSA) is 9.23 Å². The number of hydrogen-bond donors (Lipinski definition) is 0. The van der Waals surface area contributed by atoms with Crippen LogP contribution in [-0.4, -0.2) is 6.61 Å². The fourth-order valence-corrected chi connectivity index (χ4v) is 1.48. The number of allylic oxidation sites excluding steroid dienone is 1. The second kappa shape index (κ2) is 5.20. The largest absolute Gasteiger partial charge is 0.493 e. The van der Waals surface area contributed by atoms with Crippen LogP contribution in [0.1, 0.15) is 32.3 Å². The molecule has 1 nitrogen and oxygen atoms in total. The van der Waals surface area contributed by atoms with Crippen LogP contribution in [-0.2, 0) is 0 Å². The normalized spacial score (nSPS) is 15.9. The molecule has 0 amide bonds. The third-order valence-electron chi connectivity index (χ3n) is 2.74. The van der Waals surface area contributed by atoms with E-state index in [0.29, 0.717) is 5.92 Å². The quantitative estimate of drug-likeness (QED) is 0.718. The molecule has 1 saturated carbocycles. The van der Waals surface area contributed by atoms with Crippen molar-refractivity contribution in [3.8, 4) is 5.75 Å². The fourth-order valence-electron chi connectivity index (χ4n) is 1.48. The Labute approximate surface area is 98.1 Å². The molecular formula is C15H20O. The van der Waals surface area contributed by atoms with Crippen molar-refractivity contribution < 1.29 is 4.74 Å². The zero-order chi connectivity index (χ0) is 11.4. The van der Waals surface area contributed by atoms with Crippen LogP contribution in [0.5, 0.6) is 5.75 Å². The summed E-state index contributed by atoms with van der Waals surface area (Å²) in [4.78, 5) is 0. The minimum atomic E-state index is 0.603. The van der Waals surface area contributed by atoms with E-state index < -0.39 is 0 Å². The van der Waals surface area contributed by atoms with Crippen molar-refractivity contribution in [2.75, 3.05) is 6.61 Å². The minimum absolute atomic E-state index is 0.603. The van der Waals surface area contributed by atoms with Gasteiger partial charge in [-0.2, -0.15) is 0 Å². The summed E-state index contributed by atoms with van der Waals surface area (Å²) in [6.07, 6.45) is 7.06. The van der Waals surface area contributed by atoms with Gasteiger partial charge in [0.15, 0.2) is 0 Å². The van der Waals surface area contributed by atoms with E-state index in [1.165, 1.54) is 18.4 Å². The smallest absolute Gasteiger partial charge is 0.119 e. The average molecular weight is 216 g/mol.